The van der Waals surface area contributed by atoms with Crippen molar-refractivity contribution in [3.8, 4) is 0 Å². The minimum atomic E-state index is -4.54. The summed E-state index contributed by atoms with van der Waals surface area (Å²) in [6, 6.07) is 4.89. The summed E-state index contributed by atoms with van der Waals surface area (Å²) < 4.78 is 44.4. The van der Waals surface area contributed by atoms with Gasteiger partial charge in [0.2, 0.25) is 11.8 Å². The molecule has 1 heterocycles. The quantitative estimate of drug-likeness (QED) is 0.526. The number of alkyl halides is 3. The van der Waals surface area contributed by atoms with Crippen LogP contribution in [0.2, 0.25) is 0 Å². The largest absolute Gasteiger partial charge is 0.418 e. The molecule has 6 nitrogen and oxygen atoms in total. The summed E-state index contributed by atoms with van der Waals surface area (Å²) in [6.07, 6.45) is -1.95. The van der Waals surface area contributed by atoms with Crippen LogP contribution in [-0.4, -0.2) is 67.6 Å². The number of carbonyl (C=O) groups excluding carboxylic acids is 2. The predicted molar refractivity (Wildman–Crippen MR) is 103 cm³/mol. The molecule has 29 heavy (non-hydrogen) atoms. The normalized spacial score (nSPS) is 15.6. The fourth-order valence-corrected chi connectivity index (χ4v) is 3.09. The van der Waals surface area contributed by atoms with E-state index in [2.05, 4.69) is 11.9 Å². The Morgan fingerprint density at radius 3 is 2.66 bits per heavy atom. The van der Waals surface area contributed by atoms with E-state index in [1.807, 2.05) is 4.90 Å². The SMILES string of the molecule is C=CCOCCC(=O)N1CCCN(CC(=O)Nc2ccccc2C(F)(F)F)CC1. The summed E-state index contributed by atoms with van der Waals surface area (Å²) in [6.45, 7) is 6.34. The Morgan fingerprint density at radius 1 is 1.17 bits per heavy atom. The average molecular weight is 413 g/mol. The molecule has 160 valence electrons. The van der Waals surface area contributed by atoms with Gasteiger partial charge in [0.05, 0.1) is 37.4 Å². The van der Waals surface area contributed by atoms with E-state index in [0.29, 0.717) is 45.8 Å². The van der Waals surface area contributed by atoms with Gasteiger partial charge in [0.15, 0.2) is 0 Å². The first-order valence-corrected chi connectivity index (χ1v) is 9.46. The number of amides is 2. The Labute approximate surface area is 168 Å². The Bertz CT molecular complexity index is 710. The van der Waals surface area contributed by atoms with Crippen molar-refractivity contribution in [1.29, 1.82) is 0 Å². The predicted octanol–water partition coefficient (Wildman–Crippen LogP) is 2.77. The minimum absolute atomic E-state index is 0.0144. The number of hydrogen-bond donors (Lipinski definition) is 1. The Hall–Kier alpha value is -2.39. The lowest BCUT2D eigenvalue weighted by Gasteiger charge is -2.22. The van der Waals surface area contributed by atoms with Crippen molar-refractivity contribution in [3.63, 3.8) is 0 Å². The lowest BCUT2D eigenvalue weighted by atomic mass is 10.1. The molecule has 0 unspecified atom stereocenters. The molecule has 1 saturated heterocycles. The molecule has 0 spiro atoms. The summed E-state index contributed by atoms with van der Waals surface area (Å²) in [5.74, 6) is -0.529. The first kappa shape index (κ1) is 22.9. The molecule has 1 aliphatic heterocycles. The molecule has 1 aliphatic rings. The zero-order valence-electron chi connectivity index (χ0n) is 16.2. The third kappa shape index (κ3) is 7.51. The summed E-state index contributed by atoms with van der Waals surface area (Å²) in [4.78, 5) is 28.1. The van der Waals surface area contributed by atoms with Crippen LogP contribution < -0.4 is 5.32 Å². The number of ether oxygens (including phenoxy) is 1. The molecule has 9 heteroatoms. The van der Waals surface area contributed by atoms with E-state index >= 15 is 0 Å². The smallest absolute Gasteiger partial charge is 0.377 e. The molecular formula is C20H26F3N3O3. The van der Waals surface area contributed by atoms with Crippen molar-refractivity contribution >= 4 is 17.5 Å². The number of carbonyl (C=O) groups is 2. The van der Waals surface area contributed by atoms with Crippen molar-refractivity contribution in [3.05, 3.63) is 42.5 Å². The molecule has 0 radical (unpaired) electrons. The fraction of sp³-hybridized carbons (Fsp3) is 0.500. The highest BCUT2D eigenvalue weighted by Gasteiger charge is 2.33. The lowest BCUT2D eigenvalue weighted by Crippen LogP contribution is -2.38. The van der Waals surface area contributed by atoms with E-state index in [1.54, 1.807) is 11.0 Å². The van der Waals surface area contributed by atoms with Gasteiger partial charge < -0.3 is 15.0 Å². The van der Waals surface area contributed by atoms with Gasteiger partial charge in [-0.3, -0.25) is 14.5 Å². The summed E-state index contributed by atoms with van der Waals surface area (Å²) in [5.41, 5.74) is -1.13. The summed E-state index contributed by atoms with van der Waals surface area (Å²) in [7, 11) is 0. The molecule has 0 aliphatic carbocycles. The molecule has 0 aromatic heterocycles. The highest BCUT2D eigenvalue weighted by atomic mass is 19.4. The Morgan fingerprint density at radius 2 is 1.93 bits per heavy atom. The third-order valence-corrected chi connectivity index (χ3v) is 4.51. The van der Waals surface area contributed by atoms with Gasteiger partial charge in [0, 0.05) is 26.2 Å². The van der Waals surface area contributed by atoms with Crippen LogP contribution in [0.3, 0.4) is 0 Å². The van der Waals surface area contributed by atoms with Gasteiger partial charge in [-0.15, -0.1) is 6.58 Å². The third-order valence-electron chi connectivity index (χ3n) is 4.51. The van der Waals surface area contributed by atoms with Gasteiger partial charge in [0.1, 0.15) is 0 Å². The number of nitrogens with zero attached hydrogens (tertiary/aromatic N) is 2. The lowest BCUT2D eigenvalue weighted by molar-refractivity contribution is -0.137. The van der Waals surface area contributed by atoms with Gasteiger partial charge in [-0.1, -0.05) is 18.2 Å². The number of hydrogen-bond acceptors (Lipinski definition) is 4. The number of benzene rings is 1. The molecule has 0 atom stereocenters. The molecule has 1 aromatic carbocycles. The minimum Gasteiger partial charge on any atom is -0.377 e. The zero-order chi connectivity index (χ0) is 21.3. The molecule has 2 amide bonds. The number of anilines is 1. The maximum atomic E-state index is 13.0. The van der Waals surface area contributed by atoms with E-state index < -0.39 is 17.6 Å². The molecule has 1 aromatic rings. The van der Waals surface area contributed by atoms with E-state index in [-0.39, 0.29) is 24.6 Å². The second kappa shape index (κ2) is 11.0. The van der Waals surface area contributed by atoms with Crippen LogP contribution in [0.25, 0.3) is 0 Å². The second-order valence-corrected chi connectivity index (χ2v) is 6.72. The molecule has 1 N–H and O–H groups in total. The van der Waals surface area contributed by atoms with Gasteiger partial charge in [0.25, 0.3) is 0 Å². The molecule has 0 saturated carbocycles. The summed E-state index contributed by atoms with van der Waals surface area (Å²) >= 11 is 0. The average Bonchev–Trinajstić information content (AvgIpc) is 2.90. The fourth-order valence-electron chi connectivity index (χ4n) is 3.09. The number of nitrogens with one attached hydrogen (secondary N) is 1. The standard InChI is InChI=1S/C20H26F3N3O3/c1-2-13-29-14-8-19(28)26-10-5-9-25(11-12-26)15-18(27)24-17-7-4-3-6-16(17)20(21,22)23/h2-4,6-7H,1,5,8-15H2,(H,24,27). The van der Waals surface area contributed by atoms with Crippen molar-refractivity contribution in [1.82, 2.24) is 9.80 Å². The Balaban J connectivity index is 1.84. The second-order valence-electron chi connectivity index (χ2n) is 6.72. The highest BCUT2D eigenvalue weighted by molar-refractivity contribution is 5.93. The van der Waals surface area contributed by atoms with Gasteiger partial charge in [-0.05, 0) is 18.6 Å². The maximum absolute atomic E-state index is 13.0. The summed E-state index contributed by atoms with van der Waals surface area (Å²) in [5, 5.41) is 2.35. The van der Waals surface area contributed by atoms with Crippen LogP contribution >= 0.6 is 0 Å². The van der Waals surface area contributed by atoms with Crippen molar-refractivity contribution in [2.45, 2.75) is 19.0 Å². The number of para-hydroxylation sites is 1. The first-order chi connectivity index (χ1) is 13.8. The van der Waals surface area contributed by atoms with Crippen LogP contribution in [0, 0.1) is 0 Å². The number of halogens is 3. The van der Waals surface area contributed by atoms with E-state index in [4.69, 9.17) is 4.74 Å². The van der Waals surface area contributed by atoms with E-state index in [1.165, 1.54) is 18.2 Å². The van der Waals surface area contributed by atoms with Crippen molar-refractivity contribution < 1.29 is 27.5 Å². The van der Waals surface area contributed by atoms with Crippen LogP contribution in [-0.2, 0) is 20.5 Å². The van der Waals surface area contributed by atoms with Crippen LogP contribution in [0.1, 0.15) is 18.4 Å². The van der Waals surface area contributed by atoms with Gasteiger partial charge in [-0.25, -0.2) is 0 Å². The molecule has 1 fully saturated rings. The topological polar surface area (TPSA) is 61.9 Å². The van der Waals surface area contributed by atoms with Gasteiger partial charge >= 0.3 is 6.18 Å². The van der Waals surface area contributed by atoms with Crippen LogP contribution in [0.4, 0.5) is 18.9 Å². The Kier molecular flexibility index (Phi) is 8.66. The van der Waals surface area contributed by atoms with Crippen LogP contribution in [0.15, 0.2) is 36.9 Å². The zero-order valence-corrected chi connectivity index (χ0v) is 16.2. The van der Waals surface area contributed by atoms with E-state index in [9.17, 15) is 22.8 Å². The van der Waals surface area contributed by atoms with Crippen molar-refractivity contribution in [2.75, 3.05) is 51.3 Å². The van der Waals surface area contributed by atoms with E-state index in [0.717, 1.165) is 6.07 Å². The number of rotatable bonds is 8. The highest BCUT2D eigenvalue weighted by Crippen LogP contribution is 2.34. The van der Waals surface area contributed by atoms with Crippen LogP contribution in [0.5, 0.6) is 0 Å². The maximum Gasteiger partial charge on any atom is 0.418 e. The van der Waals surface area contributed by atoms with Gasteiger partial charge in [-0.2, -0.15) is 13.2 Å². The molecule has 2 rings (SSSR count). The monoisotopic (exact) mass is 413 g/mol. The molecule has 0 bridgehead atoms. The van der Waals surface area contributed by atoms with Crippen molar-refractivity contribution in [2.24, 2.45) is 0 Å². The molecular weight excluding hydrogens is 387 g/mol. The first-order valence-electron chi connectivity index (χ1n) is 9.46.